The molecule has 0 atom stereocenters. The van der Waals surface area contributed by atoms with Crippen LogP contribution in [0.4, 0.5) is 5.00 Å². The fourth-order valence-corrected chi connectivity index (χ4v) is 5.70. The zero-order chi connectivity index (χ0) is 25.3. The number of aromatic nitrogens is 1. The molecule has 0 aliphatic carbocycles. The minimum atomic E-state index is -0.0486. The Morgan fingerprint density at radius 3 is 2.92 bits per heavy atom. The molecular weight excluding hydrogens is 587 g/mol. The largest absolute Gasteiger partial charge is 0.493 e. The van der Waals surface area contributed by atoms with Crippen molar-refractivity contribution in [1.29, 1.82) is 0 Å². The molecule has 188 valence electrons. The summed E-state index contributed by atoms with van der Waals surface area (Å²) in [5.74, 6) is 0.873. The maximum absolute atomic E-state index is 12.9. The number of fused-ring (bicyclic) bond motifs is 1. The van der Waals surface area contributed by atoms with Crippen molar-refractivity contribution in [2.24, 2.45) is 4.99 Å². The minimum Gasteiger partial charge on any atom is -0.493 e. The predicted molar refractivity (Wildman–Crippen MR) is 153 cm³/mol. The highest BCUT2D eigenvalue weighted by atomic mass is 127. The van der Waals surface area contributed by atoms with Crippen LogP contribution in [0.15, 0.2) is 53.8 Å². The van der Waals surface area contributed by atoms with E-state index in [9.17, 15) is 9.59 Å². The van der Waals surface area contributed by atoms with Gasteiger partial charge in [0.05, 0.1) is 19.6 Å². The summed E-state index contributed by atoms with van der Waals surface area (Å²) >= 11 is 3.82. The van der Waals surface area contributed by atoms with Crippen molar-refractivity contribution < 1.29 is 14.3 Å². The number of ether oxygens (including phenoxy) is 1. The molecule has 4 rings (SSSR count). The number of carbonyl (C=O) groups is 2. The van der Waals surface area contributed by atoms with E-state index >= 15 is 0 Å². The fourth-order valence-electron chi connectivity index (χ4n) is 4.23. The van der Waals surface area contributed by atoms with Gasteiger partial charge in [-0.15, -0.1) is 11.3 Å². The third kappa shape index (κ3) is 6.70. The molecule has 0 bridgehead atoms. The van der Waals surface area contributed by atoms with Gasteiger partial charge in [0, 0.05) is 53.5 Å². The number of aliphatic imine (C=N–C) groups is 1. The summed E-state index contributed by atoms with van der Waals surface area (Å²) in [5, 5.41) is 3.90. The molecule has 1 aliphatic heterocycles. The maximum Gasteiger partial charge on any atom is 0.227 e. The Morgan fingerprint density at radius 2 is 2.14 bits per heavy atom. The van der Waals surface area contributed by atoms with Gasteiger partial charge >= 0.3 is 0 Å². The van der Waals surface area contributed by atoms with Gasteiger partial charge in [-0.2, -0.15) is 0 Å². The van der Waals surface area contributed by atoms with Gasteiger partial charge in [0.1, 0.15) is 10.8 Å². The van der Waals surface area contributed by atoms with E-state index in [4.69, 9.17) is 4.74 Å². The van der Waals surface area contributed by atoms with Crippen LogP contribution in [-0.4, -0.2) is 52.5 Å². The SMILES string of the molecule is CN=Cc1c(NC(=O)CCc2ccccc2OCCI)sc2c1CCN(C(=O)Cc1cccnc1)C2. The number of hydrogen-bond acceptors (Lipinski definition) is 6. The monoisotopic (exact) mass is 616 g/mol. The maximum atomic E-state index is 12.9. The summed E-state index contributed by atoms with van der Waals surface area (Å²) in [5.41, 5.74) is 4.06. The number of halogens is 1. The average Bonchev–Trinajstić information content (AvgIpc) is 3.23. The van der Waals surface area contributed by atoms with Crippen molar-refractivity contribution in [2.45, 2.75) is 32.2 Å². The fraction of sp³-hybridized carbons (Fsp3) is 0.333. The zero-order valence-electron chi connectivity index (χ0n) is 20.2. The Kier molecular flexibility index (Phi) is 9.46. The van der Waals surface area contributed by atoms with Gasteiger partial charge in [-0.1, -0.05) is 46.9 Å². The number of carbonyl (C=O) groups excluding carboxylic acids is 2. The lowest BCUT2D eigenvalue weighted by atomic mass is 10.0. The molecule has 2 amide bonds. The van der Waals surface area contributed by atoms with Crippen LogP contribution < -0.4 is 10.1 Å². The first kappa shape index (κ1) is 26.3. The first-order valence-corrected chi connectivity index (χ1v) is 14.2. The number of aryl methyl sites for hydroxylation is 1. The molecule has 1 aliphatic rings. The predicted octanol–water partition coefficient (Wildman–Crippen LogP) is 4.70. The lowest BCUT2D eigenvalue weighted by Crippen LogP contribution is -2.36. The number of hydrogen-bond donors (Lipinski definition) is 1. The van der Waals surface area contributed by atoms with Crippen LogP contribution >= 0.6 is 33.9 Å². The van der Waals surface area contributed by atoms with Gasteiger partial charge < -0.3 is 15.0 Å². The number of para-hydroxylation sites is 1. The Labute approximate surface area is 229 Å². The molecule has 0 saturated carbocycles. The first-order valence-electron chi connectivity index (χ1n) is 11.9. The van der Waals surface area contributed by atoms with Crippen LogP contribution in [0.3, 0.4) is 0 Å². The molecule has 1 aromatic carbocycles. The molecule has 3 heterocycles. The third-order valence-corrected chi connectivity index (χ3v) is 7.56. The molecule has 2 aromatic heterocycles. The molecule has 0 fully saturated rings. The molecule has 3 aromatic rings. The van der Waals surface area contributed by atoms with Gasteiger partial charge in [0.25, 0.3) is 0 Å². The van der Waals surface area contributed by atoms with Crippen LogP contribution in [0.5, 0.6) is 5.75 Å². The van der Waals surface area contributed by atoms with Crippen molar-refractivity contribution in [1.82, 2.24) is 9.88 Å². The Morgan fingerprint density at radius 1 is 1.28 bits per heavy atom. The normalized spacial score (nSPS) is 13.0. The van der Waals surface area contributed by atoms with Crippen LogP contribution in [0, 0.1) is 0 Å². The third-order valence-electron chi connectivity index (χ3n) is 5.97. The second-order valence-electron chi connectivity index (χ2n) is 8.43. The highest BCUT2D eigenvalue weighted by molar-refractivity contribution is 14.1. The van der Waals surface area contributed by atoms with Crippen molar-refractivity contribution in [2.75, 3.05) is 29.9 Å². The number of benzene rings is 1. The Hall–Kier alpha value is -2.79. The number of alkyl halides is 1. The van der Waals surface area contributed by atoms with Crippen LogP contribution in [0.1, 0.15) is 33.6 Å². The van der Waals surface area contributed by atoms with E-state index in [1.165, 1.54) is 16.9 Å². The second-order valence-corrected chi connectivity index (χ2v) is 10.6. The number of nitrogens with one attached hydrogen (secondary N) is 1. The standard InChI is InChI=1S/C27H29IN4O3S/c1-29-17-22-21-10-13-32(26(34)15-19-5-4-12-30-16-19)18-24(21)36-27(22)31-25(33)9-8-20-6-2-3-7-23(20)35-14-11-28/h2-7,12,16-17H,8-11,13-15,18H2,1H3,(H,31,33). The minimum absolute atomic E-state index is 0.0486. The van der Waals surface area contributed by atoms with E-state index in [0.29, 0.717) is 39.0 Å². The number of pyridine rings is 1. The van der Waals surface area contributed by atoms with E-state index in [2.05, 4.69) is 37.9 Å². The van der Waals surface area contributed by atoms with Gasteiger partial charge in [-0.25, -0.2) is 0 Å². The van der Waals surface area contributed by atoms with Crippen molar-refractivity contribution in [3.8, 4) is 5.75 Å². The highest BCUT2D eigenvalue weighted by Gasteiger charge is 2.27. The molecule has 0 spiro atoms. The highest BCUT2D eigenvalue weighted by Crippen LogP contribution is 2.36. The Bertz CT molecular complexity index is 1230. The number of nitrogens with zero attached hydrogens (tertiary/aromatic N) is 3. The Balaban J connectivity index is 1.42. The molecular formula is C27H29IN4O3S. The van der Waals surface area contributed by atoms with Crippen molar-refractivity contribution in [3.63, 3.8) is 0 Å². The van der Waals surface area contributed by atoms with E-state index in [1.54, 1.807) is 19.4 Å². The van der Waals surface area contributed by atoms with Crippen LogP contribution in [-0.2, 0) is 35.4 Å². The molecule has 0 unspecified atom stereocenters. The van der Waals surface area contributed by atoms with E-state index in [-0.39, 0.29) is 11.8 Å². The molecule has 9 heteroatoms. The smallest absolute Gasteiger partial charge is 0.227 e. The van der Waals surface area contributed by atoms with Gasteiger partial charge in [-0.3, -0.25) is 19.6 Å². The zero-order valence-corrected chi connectivity index (χ0v) is 23.2. The average molecular weight is 617 g/mol. The molecule has 0 saturated heterocycles. The second kappa shape index (κ2) is 13.0. The summed E-state index contributed by atoms with van der Waals surface area (Å²) in [6.07, 6.45) is 7.28. The van der Waals surface area contributed by atoms with E-state index in [1.807, 2.05) is 47.5 Å². The lowest BCUT2D eigenvalue weighted by molar-refractivity contribution is -0.131. The number of amides is 2. The topological polar surface area (TPSA) is 83.9 Å². The molecule has 36 heavy (non-hydrogen) atoms. The van der Waals surface area contributed by atoms with Gasteiger partial charge in [-0.05, 0) is 41.7 Å². The number of rotatable bonds is 10. The molecule has 0 radical (unpaired) electrons. The van der Waals surface area contributed by atoms with Gasteiger partial charge in [0.2, 0.25) is 11.8 Å². The van der Waals surface area contributed by atoms with Crippen LogP contribution in [0.25, 0.3) is 0 Å². The van der Waals surface area contributed by atoms with E-state index < -0.39 is 0 Å². The number of anilines is 1. The van der Waals surface area contributed by atoms with Crippen LogP contribution in [0.2, 0.25) is 0 Å². The lowest BCUT2D eigenvalue weighted by Gasteiger charge is -2.27. The van der Waals surface area contributed by atoms with Crippen molar-refractivity contribution in [3.05, 3.63) is 75.9 Å². The summed E-state index contributed by atoms with van der Waals surface area (Å²) in [6, 6.07) is 11.6. The summed E-state index contributed by atoms with van der Waals surface area (Å²) in [6.45, 7) is 1.84. The van der Waals surface area contributed by atoms with E-state index in [0.717, 1.165) is 43.2 Å². The van der Waals surface area contributed by atoms with Crippen molar-refractivity contribution >= 4 is 57.0 Å². The molecule has 1 N–H and O–H groups in total. The summed E-state index contributed by atoms with van der Waals surface area (Å²) in [4.78, 5) is 37.1. The first-order chi connectivity index (χ1) is 17.6. The van der Waals surface area contributed by atoms with Gasteiger partial charge in [0.15, 0.2) is 0 Å². The summed E-state index contributed by atoms with van der Waals surface area (Å²) < 4.78 is 6.73. The quantitative estimate of drug-likeness (QED) is 0.203. The summed E-state index contributed by atoms with van der Waals surface area (Å²) in [7, 11) is 1.73. The molecule has 7 nitrogen and oxygen atoms in total. The number of thiophene rings is 1.